The third kappa shape index (κ3) is 2.93. The summed E-state index contributed by atoms with van der Waals surface area (Å²) in [5.41, 5.74) is 9.06. The number of rotatable bonds is 4. The van der Waals surface area contributed by atoms with Gasteiger partial charge in [0, 0.05) is 16.8 Å². The fourth-order valence-corrected chi connectivity index (χ4v) is 2.37. The number of furan rings is 2. The number of aliphatic hydroxyl groups is 1. The summed E-state index contributed by atoms with van der Waals surface area (Å²) in [6.45, 7) is 3.88. The van der Waals surface area contributed by atoms with Crippen molar-refractivity contribution in [3.63, 3.8) is 0 Å². The number of alkyl halides is 1. The molecule has 0 saturated carbocycles. The number of aliphatic hydroxyl groups excluding tert-OH is 1. The third-order valence-electron chi connectivity index (χ3n) is 2.91. The number of allylic oxidation sites excluding steroid dienone is 2. The van der Waals surface area contributed by atoms with E-state index in [1.807, 2.05) is 13.8 Å². The molecule has 2 heterocycles. The van der Waals surface area contributed by atoms with Gasteiger partial charge in [0.2, 0.25) is 0 Å². The van der Waals surface area contributed by atoms with Crippen LogP contribution in [0.25, 0.3) is 0 Å². The second kappa shape index (κ2) is 5.67. The van der Waals surface area contributed by atoms with E-state index in [-0.39, 0.29) is 4.83 Å². The van der Waals surface area contributed by atoms with Crippen LogP contribution in [-0.4, -0.2) is 5.11 Å². The highest BCUT2D eigenvalue weighted by Gasteiger charge is 2.20. The Bertz CT molecular complexity index is 567. The first kappa shape index (κ1) is 14.0. The molecule has 2 unspecified atom stereocenters. The predicted octanol–water partition coefficient (Wildman–Crippen LogP) is 3.64. The van der Waals surface area contributed by atoms with Gasteiger partial charge < -0.3 is 19.7 Å². The molecule has 0 bridgehead atoms. The Kier molecular flexibility index (Phi) is 4.17. The number of hydrogen-bond acceptors (Lipinski definition) is 4. The quantitative estimate of drug-likeness (QED) is 0.841. The first-order valence-electron chi connectivity index (χ1n) is 5.86. The molecule has 0 aliphatic carbocycles. The highest BCUT2D eigenvalue weighted by molar-refractivity contribution is 9.09. The topological polar surface area (TPSA) is 72.5 Å². The molecule has 0 saturated heterocycles. The monoisotopic (exact) mass is 325 g/mol. The van der Waals surface area contributed by atoms with Crippen molar-refractivity contribution in [2.45, 2.75) is 24.8 Å². The number of nitrogens with two attached hydrogens (primary N) is 1. The summed E-state index contributed by atoms with van der Waals surface area (Å²) >= 11 is 3.49. The predicted molar refractivity (Wildman–Crippen MR) is 75.7 cm³/mol. The molecule has 2 rings (SSSR count). The van der Waals surface area contributed by atoms with Crippen LogP contribution < -0.4 is 5.73 Å². The van der Waals surface area contributed by atoms with Gasteiger partial charge in [0.05, 0.1) is 18.8 Å². The lowest BCUT2D eigenvalue weighted by Crippen LogP contribution is -2.06. The van der Waals surface area contributed by atoms with Gasteiger partial charge in [-0.1, -0.05) is 21.5 Å². The second-order valence-corrected chi connectivity index (χ2v) is 5.48. The van der Waals surface area contributed by atoms with Crippen molar-refractivity contribution >= 4 is 15.9 Å². The van der Waals surface area contributed by atoms with Gasteiger partial charge in [0.25, 0.3) is 0 Å². The molecule has 0 radical (unpaired) electrons. The fourth-order valence-electron chi connectivity index (χ4n) is 1.67. The van der Waals surface area contributed by atoms with Gasteiger partial charge in [-0.25, -0.2) is 0 Å². The van der Waals surface area contributed by atoms with Gasteiger partial charge in [-0.2, -0.15) is 0 Å². The number of halogens is 1. The Labute approximate surface area is 120 Å². The molecule has 102 valence electrons. The molecular formula is C14H16BrNO3. The lowest BCUT2D eigenvalue weighted by molar-refractivity contribution is 0.218. The van der Waals surface area contributed by atoms with Crippen LogP contribution in [0, 0.1) is 0 Å². The molecule has 0 aliphatic rings. The third-order valence-corrected chi connectivity index (χ3v) is 3.86. The zero-order valence-electron chi connectivity index (χ0n) is 10.8. The molecular weight excluding hydrogens is 310 g/mol. The standard InChI is InChI=1S/C14H16BrNO3/c1-8(2)13(16)12(15)11-5-10(7-19-11)14(17)9-3-4-18-6-9/h3-7,12,14,17H,16H2,1-2H3. The lowest BCUT2D eigenvalue weighted by Gasteiger charge is -2.09. The van der Waals surface area contributed by atoms with Crippen LogP contribution in [0.1, 0.15) is 41.7 Å². The average Bonchev–Trinajstić information content (AvgIpc) is 3.06. The molecule has 2 atom stereocenters. The van der Waals surface area contributed by atoms with E-state index in [2.05, 4.69) is 15.9 Å². The van der Waals surface area contributed by atoms with Gasteiger partial charge in [-0.3, -0.25) is 0 Å². The minimum atomic E-state index is -0.760. The smallest absolute Gasteiger partial charge is 0.123 e. The molecule has 0 amide bonds. The summed E-state index contributed by atoms with van der Waals surface area (Å²) in [6, 6.07) is 3.50. The van der Waals surface area contributed by atoms with E-state index in [0.29, 0.717) is 22.6 Å². The molecule has 0 spiro atoms. The van der Waals surface area contributed by atoms with Crippen molar-refractivity contribution in [2.75, 3.05) is 0 Å². The van der Waals surface area contributed by atoms with Gasteiger partial charge in [0.15, 0.2) is 0 Å². The summed E-state index contributed by atoms with van der Waals surface area (Å²) in [5.74, 6) is 0.663. The molecule has 3 N–H and O–H groups in total. The molecule has 2 aromatic heterocycles. The maximum Gasteiger partial charge on any atom is 0.123 e. The number of hydrogen-bond donors (Lipinski definition) is 2. The maximum absolute atomic E-state index is 10.1. The van der Waals surface area contributed by atoms with E-state index in [9.17, 15) is 5.11 Å². The fraction of sp³-hybridized carbons (Fsp3) is 0.286. The van der Waals surface area contributed by atoms with E-state index < -0.39 is 6.10 Å². The van der Waals surface area contributed by atoms with Crippen molar-refractivity contribution in [3.8, 4) is 0 Å². The van der Waals surface area contributed by atoms with Crippen LogP contribution in [0.3, 0.4) is 0 Å². The molecule has 0 aliphatic heterocycles. The van der Waals surface area contributed by atoms with Crippen LogP contribution in [0.4, 0.5) is 0 Å². The summed E-state index contributed by atoms with van der Waals surface area (Å²) < 4.78 is 10.4. The molecule has 19 heavy (non-hydrogen) atoms. The average molecular weight is 326 g/mol. The maximum atomic E-state index is 10.1. The Morgan fingerprint density at radius 1 is 1.32 bits per heavy atom. The first-order chi connectivity index (χ1) is 9.00. The van der Waals surface area contributed by atoms with Crippen molar-refractivity contribution in [2.24, 2.45) is 5.73 Å². The van der Waals surface area contributed by atoms with E-state index in [1.165, 1.54) is 18.8 Å². The highest BCUT2D eigenvalue weighted by atomic mass is 79.9. The van der Waals surface area contributed by atoms with Crippen LogP contribution in [0.15, 0.2) is 51.0 Å². The largest absolute Gasteiger partial charge is 0.472 e. The van der Waals surface area contributed by atoms with Crippen molar-refractivity contribution in [3.05, 3.63) is 59.1 Å². The zero-order valence-corrected chi connectivity index (χ0v) is 12.3. The lowest BCUT2D eigenvalue weighted by atomic mass is 10.1. The molecule has 0 aromatic carbocycles. The first-order valence-corrected chi connectivity index (χ1v) is 6.77. The highest BCUT2D eigenvalue weighted by Crippen LogP contribution is 2.33. The van der Waals surface area contributed by atoms with E-state index in [1.54, 1.807) is 12.1 Å². The summed E-state index contributed by atoms with van der Waals surface area (Å²) in [4.78, 5) is -0.192. The SMILES string of the molecule is CC(C)=C(N)C(Br)c1cc(C(O)c2ccoc2)co1. The summed E-state index contributed by atoms with van der Waals surface area (Å²) in [7, 11) is 0. The summed E-state index contributed by atoms with van der Waals surface area (Å²) in [6.07, 6.45) is 3.80. The van der Waals surface area contributed by atoms with Crippen LogP contribution in [-0.2, 0) is 0 Å². The van der Waals surface area contributed by atoms with E-state index in [4.69, 9.17) is 14.6 Å². The van der Waals surface area contributed by atoms with Crippen molar-refractivity contribution in [1.29, 1.82) is 0 Å². The van der Waals surface area contributed by atoms with Crippen LogP contribution in [0.5, 0.6) is 0 Å². The Hall–Kier alpha value is -1.46. The van der Waals surface area contributed by atoms with Gasteiger partial charge in [0.1, 0.15) is 16.7 Å². The Morgan fingerprint density at radius 3 is 2.63 bits per heavy atom. The normalized spacial score (nSPS) is 14.1. The van der Waals surface area contributed by atoms with Gasteiger partial charge in [-0.05, 0) is 26.0 Å². The zero-order chi connectivity index (χ0) is 14.0. The molecule has 0 fully saturated rings. The minimum absolute atomic E-state index is 0.192. The molecule has 5 heteroatoms. The van der Waals surface area contributed by atoms with Gasteiger partial charge in [-0.15, -0.1) is 0 Å². The van der Waals surface area contributed by atoms with Crippen LogP contribution >= 0.6 is 15.9 Å². The van der Waals surface area contributed by atoms with Crippen molar-refractivity contribution in [1.82, 2.24) is 0 Å². The second-order valence-electron chi connectivity index (χ2n) is 4.56. The molecule has 4 nitrogen and oxygen atoms in total. The Morgan fingerprint density at radius 2 is 2.05 bits per heavy atom. The van der Waals surface area contributed by atoms with Crippen LogP contribution in [0.2, 0.25) is 0 Å². The molecule has 2 aromatic rings. The van der Waals surface area contributed by atoms with E-state index in [0.717, 1.165) is 5.57 Å². The minimum Gasteiger partial charge on any atom is -0.472 e. The van der Waals surface area contributed by atoms with E-state index >= 15 is 0 Å². The summed E-state index contributed by atoms with van der Waals surface area (Å²) in [5, 5.41) is 10.1. The van der Waals surface area contributed by atoms with Gasteiger partial charge >= 0.3 is 0 Å². The Balaban J connectivity index is 2.22. The van der Waals surface area contributed by atoms with Crippen molar-refractivity contribution < 1.29 is 13.9 Å².